The molecule has 2 aromatic carbocycles. The normalized spacial score (nSPS) is 16.1. The van der Waals surface area contributed by atoms with E-state index in [9.17, 15) is 19.5 Å². The Morgan fingerprint density at radius 2 is 1.93 bits per heavy atom. The van der Waals surface area contributed by atoms with Crippen LogP contribution < -0.4 is 15.0 Å². The number of rotatable bonds is 6. The summed E-state index contributed by atoms with van der Waals surface area (Å²) in [6.45, 7) is 2.60. The van der Waals surface area contributed by atoms with E-state index in [0.717, 1.165) is 11.3 Å². The SMILES string of the molecule is COc1ccc(CNC(=O)C2CCN(c3ccc(C)cc3)C2=O)cc1C(=O)O. The van der Waals surface area contributed by atoms with Crippen molar-refractivity contribution in [2.24, 2.45) is 5.92 Å². The van der Waals surface area contributed by atoms with Crippen molar-refractivity contribution in [3.05, 3.63) is 59.2 Å². The van der Waals surface area contributed by atoms with E-state index < -0.39 is 11.9 Å². The number of carboxylic acid groups (broad SMARTS) is 1. The largest absolute Gasteiger partial charge is 0.496 e. The molecule has 3 rings (SSSR count). The number of ether oxygens (including phenoxy) is 1. The van der Waals surface area contributed by atoms with Crippen molar-refractivity contribution in [1.82, 2.24) is 5.32 Å². The smallest absolute Gasteiger partial charge is 0.339 e. The molecule has 0 aromatic heterocycles. The number of aromatic carboxylic acids is 1. The third kappa shape index (κ3) is 3.98. The maximum absolute atomic E-state index is 12.6. The minimum Gasteiger partial charge on any atom is -0.496 e. The molecule has 7 heteroatoms. The van der Waals surface area contributed by atoms with Gasteiger partial charge in [-0.25, -0.2) is 4.79 Å². The van der Waals surface area contributed by atoms with Crippen LogP contribution in [0.25, 0.3) is 0 Å². The Morgan fingerprint density at radius 3 is 2.57 bits per heavy atom. The molecule has 0 bridgehead atoms. The summed E-state index contributed by atoms with van der Waals surface area (Å²) in [5.74, 6) is -2.17. The lowest BCUT2D eigenvalue weighted by atomic mass is 10.1. The summed E-state index contributed by atoms with van der Waals surface area (Å²) in [4.78, 5) is 38.1. The van der Waals surface area contributed by atoms with Crippen molar-refractivity contribution in [3.8, 4) is 5.75 Å². The van der Waals surface area contributed by atoms with Gasteiger partial charge in [0.15, 0.2) is 0 Å². The summed E-state index contributed by atoms with van der Waals surface area (Å²) >= 11 is 0. The molecule has 0 spiro atoms. The second kappa shape index (κ2) is 8.12. The van der Waals surface area contributed by atoms with Crippen molar-refractivity contribution in [3.63, 3.8) is 0 Å². The second-order valence-electron chi connectivity index (χ2n) is 6.72. The zero-order valence-electron chi connectivity index (χ0n) is 15.8. The lowest BCUT2D eigenvalue weighted by Crippen LogP contribution is -2.36. The predicted molar refractivity (Wildman–Crippen MR) is 103 cm³/mol. The van der Waals surface area contributed by atoms with Gasteiger partial charge in [0.05, 0.1) is 7.11 Å². The molecular formula is C21H22N2O5. The summed E-state index contributed by atoms with van der Waals surface area (Å²) in [6, 6.07) is 12.3. The number of carbonyl (C=O) groups excluding carboxylic acids is 2. The fourth-order valence-electron chi connectivity index (χ4n) is 3.25. The average molecular weight is 382 g/mol. The van der Waals surface area contributed by atoms with E-state index in [1.807, 2.05) is 31.2 Å². The fraction of sp³-hybridized carbons (Fsp3) is 0.286. The number of carboxylic acids is 1. The molecule has 0 aliphatic carbocycles. The molecule has 1 atom stereocenters. The monoisotopic (exact) mass is 382 g/mol. The number of methoxy groups -OCH3 is 1. The Labute approximate surface area is 162 Å². The van der Waals surface area contributed by atoms with Crippen molar-refractivity contribution in [2.45, 2.75) is 19.9 Å². The zero-order chi connectivity index (χ0) is 20.3. The van der Waals surface area contributed by atoms with Crippen LogP contribution in [-0.4, -0.2) is 36.5 Å². The molecule has 1 aliphatic rings. The zero-order valence-corrected chi connectivity index (χ0v) is 15.8. The Hall–Kier alpha value is -3.35. The highest BCUT2D eigenvalue weighted by Gasteiger charge is 2.37. The molecule has 2 aromatic rings. The van der Waals surface area contributed by atoms with Gasteiger partial charge in [-0.2, -0.15) is 0 Å². The molecule has 28 heavy (non-hydrogen) atoms. The molecule has 1 saturated heterocycles. The molecular weight excluding hydrogens is 360 g/mol. The van der Waals surface area contributed by atoms with Crippen LogP contribution in [0.5, 0.6) is 5.75 Å². The van der Waals surface area contributed by atoms with Gasteiger partial charge in [-0.1, -0.05) is 23.8 Å². The van der Waals surface area contributed by atoms with Crippen LogP contribution in [0, 0.1) is 12.8 Å². The van der Waals surface area contributed by atoms with Gasteiger partial charge in [-0.05, 0) is 43.2 Å². The number of amides is 2. The number of nitrogens with zero attached hydrogens (tertiary/aromatic N) is 1. The molecule has 1 unspecified atom stereocenters. The first-order chi connectivity index (χ1) is 13.4. The predicted octanol–water partition coefficient (Wildman–Crippen LogP) is 2.37. The van der Waals surface area contributed by atoms with Crippen molar-refractivity contribution in [2.75, 3.05) is 18.6 Å². The van der Waals surface area contributed by atoms with E-state index >= 15 is 0 Å². The number of hydrogen-bond acceptors (Lipinski definition) is 4. The Bertz CT molecular complexity index is 908. The number of nitrogens with one attached hydrogen (secondary N) is 1. The lowest BCUT2D eigenvalue weighted by Gasteiger charge is -2.17. The van der Waals surface area contributed by atoms with E-state index in [4.69, 9.17) is 4.74 Å². The highest BCUT2D eigenvalue weighted by atomic mass is 16.5. The van der Waals surface area contributed by atoms with Crippen molar-refractivity contribution >= 4 is 23.5 Å². The fourth-order valence-corrected chi connectivity index (χ4v) is 3.25. The van der Waals surface area contributed by atoms with Crippen molar-refractivity contribution in [1.29, 1.82) is 0 Å². The van der Waals surface area contributed by atoms with Crippen LogP contribution in [0.15, 0.2) is 42.5 Å². The standard InChI is InChI=1S/C21H22N2O5/c1-13-3-6-15(7-4-13)23-10-9-16(20(23)25)19(24)22-12-14-5-8-18(28-2)17(11-14)21(26)27/h3-8,11,16H,9-10,12H2,1-2H3,(H,22,24)(H,26,27). The lowest BCUT2D eigenvalue weighted by molar-refractivity contribution is -0.132. The van der Waals surface area contributed by atoms with E-state index in [1.165, 1.54) is 13.2 Å². The molecule has 146 valence electrons. The van der Waals surface area contributed by atoms with Crippen molar-refractivity contribution < 1.29 is 24.2 Å². The Kier molecular flexibility index (Phi) is 5.63. The molecule has 0 saturated carbocycles. The minimum atomic E-state index is -1.11. The molecule has 1 heterocycles. The van der Waals surface area contributed by atoms with Crippen LogP contribution in [-0.2, 0) is 16.1 Å². The van der Waals surface area contributed by atoms with Gasteiger partial charge in [0.2, 0.25) is 11.8 Å². The van der Waals surface area contributed by atoms with Gasteiger partial charge < -0.3 is 20.1 Å². The number of hydrogen-bond donors (Lipinski definition) is 2. The molecule has 2 amide bonds. The summed E-state index contributed by atoms with van der Waals surface area (Å²) in [6.07, 6.45) is 0.446. The summed E-state index contributed by atoms with van der Waals surface area (Å²) in [5, 5.41) is 12.0. The maximum atomic E-state index is 12.6. The number of benzene rings is 2. The quantitative estimate of drug-likeness (QED) is 0.748. The number of aryl methyl sites for hydroxylation is 1. The maximum Gasteiger partial charge on any atom is 0.339 e. The van der Waals surface area contributed by atoms with E-state index in [-0.39, 0.29) is 29.7 Å². The molecule has 0 radical (unpaired) electrons. The summed E-state index contributed by atoms with van der Waals surface area (Å²) < 4.78 is 5.03. The molecule has 1 fully saturated rings. The molecule has 7 nitrogen and oxygen atoms in total. The van der Waals surface area contributed by atoms with E-state index in [2.05, 4.69) is 5.32 Å². The van der Waals surface area contributed by atoms with Crippen LogP contribution in [0.2, 0.25) is 0 Å². The average Bonchev–Trinajstić information content (AvgIpc) is 3.08. The third-order valence-corrected chi connectivity index (χ3v) is 4.83. The topological polar surface area (TPSA) is 95.9 Å². The van der Waals surface area contributed by atoms with Crippen LogP contribution >= 0.6 is 0 Å². The van der Waals surface area contributed by atoms with Gasteiger partial charge in [0, 0.05) is 18.8 Å². The van der Waals surface area contributed by atoms with Crippen LogP contribution in [0.4, 0.5) is 5.69 Å². The molecule has 2 N–H and O–H groups in total. The van der Waals surface area contributed by atoms with E-state index in [0.29, 0.717) is 18.5 Å². The second-order valence-corrected chi connectivity index (χ2v) is 6.72. The van der Waals surface area contributed by atoms with Crippen LogP contribution in [0.1, 0.15) is 27.9 Å². The van der Waals surface area contributed by atoms with Gasteiger partial charge in [-0.15, -0.1) is 0 Å². The first kappa shape index (κ1) is 19.4. The van der Waals surface area contributed by atoms with Gasteiger partial charge >= 0.3 is 5.97 Å². The summed E-state index contributed by atoms with van der Waals surface area (Å²) in [5.41, 5.74) is 2.53. The van der Waals surface area contributed by atoms with Crippen LogP contribution in [0.3, 0.4) is 0 Å². The first-order valence-electron chi connectivity index (χ1n) is 8.96. The third-order valence-electron chi connectivity index (χ3n) is 4.83. The van der Waals surface area contributed by atoms with E-state index in [1.54, 1.807) is 17.0 Å². The van der Waals surface area contributed by atoms with Gasteiger partial charge in [-0.3, -0.25) is 9.59 Å². The number of carbonyl (C=O) groups is 3. The first-order valence-corrected chi connectivity index (χ1v) is 8.96. The summed E-state index contributed by atoms with van der Waals surface area (Å²) in [7, 11) is 1.40. The molecule has 1 aliphatic heterocycles. The van der Waals surface area contributed by atoms with Gasteiger partial charge in [0.25, 0.3) is 0 Å². The Morgan fingerprint density at radius 1 is 1.21 bits per heavy atom. The highest BCUT2D eigenvalue weighted by Crippen LogP contribution is 2.26. The minimum absolute atomic E-state index is 0.0248. The number of anilines is 1. The Balaban J connectivity index is 1.64. The highest BCUT2D eigenvalue weighted by molar-refractivity contribution is 6.09. The van der Waals surface area contributed by atoms with Gasteiger partial charge in [0.1, 0.15) is 17.2 Å².